The third-order valence-electron chi connectivity index (χ3n) is 1.000. The topological polar surface area (TPSA) is 64.4 Å². The van der Waals surface area contributed by atoms with Gasteiger partial charge in [-0.25, -0.2) is 0 Å². The molecule has 0 heterocycles. The number of nitrogens with two attached hydrogens (primary N) is 2. The van der Waals surface area contributed by atoms with Crippen LogP contribution >= 0.6 is 11.9 Å². The lowest BCUT2D eigenvalue weighted by molar-refractivity contribution is 1.45. The summed E-state index contributed by atoms with van der Waals surface area (Å²) in [6, 6.07) is 9.70. The van der Waals surface area contributed by atoms with Gasteiger partial charge in [-0.15, -0.1) is 0 Å². The van der Waals surface area contributed by atoms with Crippen molar-refractivity contribution in [2.75, 3.05) is 0 Å². The van der Waals surface area contributed by atoms with E-state index in [-0.39, 0.29) is 5.96 Å². The largest absolute Gasteiger partial charge is 0.369 e. The average Bonchev–Trinajstić information content (AvgIpc) is 2.03. The minimum atomic E-state index is 0.0962. The second-order valence-corrected chi connectivity index (χ2v) is 2.76. The molecular weight excluding hydrogens is 158 g/mol. The third kappa shape index (κ3) is 2.95. The number of hydrogen-bond acceptors (Lipinski definition) is 2. The van der Waals surface area contributed by atoms with Gasteiger partial charge in [-0.1, -0.05) is 18.2 Å². The van der Waals surface area contributed by atoms with E-state index in [1.54, 1.807) is 0 Å². The van der Waals surface area contributed by atoms with Crippen LogP contribution in [0.4, 0.5) is 0 Å². The molecule has 1 rings (SSSR count). The van der Waals surface area contributed by atoms with E-state index in [0.717, 1.165) is 4.90 Å². The molecule has 58 valence electrons. The van der Waals surface area contributed by atoms with E-state index in [1.807, 2.05) is 30.3 Å². The Kier molecular flexibility index (Phi) is 2.80. The van der Waals surface area contributed by atoms with Crippen LogP contribution in [-0.4, -0.2) is 5.96 Å². The molecule has 1 aromatic rings. The molecular formula is C7H9N3S. The van der Waals surface area contributed by atoms with Crippen LogP contribution in [0.5, 0.6) is 0 Å². The van der Waals surface area contributed by atoms with Crippen LogP contribution in [-0.2, 0) is 0 Å². The summed E-state index contributed by atoms with van der Waals surface area (Å²) in [5.74, 6) is 0.0962. The zero-order valence-electron chi connectivity index (χ0n) is 5.90. The van der Waals surface area contributed by atoms with Gasteiger partial charge in [0.1, 0.15) is 0 Å². The first kappa shape index (κ1) is 7.94. The second-order valence-electron chi connectivity index (χ2n) is 1.92. The average molecular weight is 167 g/mol. The summed E-state index contributed by atoms with van der Waals surface area (Å²) in [4.78, 5) is 1.03. The van der Waals surface area contributed by atoms with Gasteiger partial charge < -0.3 is 11.5 Å². The van der Waals surface area contributed by atoms with Gasteiger partial charge in [0.25, 0.3) is 0 Å². The monoisotopic (exact) mass is 167 g/mol. The lowest BCUT2D eigenvalue weighted by Crippen LogP contribution is -2.21. The fourth-order valence-corrected chi connectivity index (χ4v) is 1.08. The fourth-order valence-electron chi connectivity index (χ4n) is 0.587. The molecule has 11 heavy (non-hydrogen) atoms. The molecule has 1 aromatic carbocycles. The Bertz CT molecular complexity index is 241. The third-order valence-corrected chi connectivity index (χ3v) is 1.78. The quantitative estimate of drug-likeness (QED) is 0.392. The zero-order chi connectivity index (χ0) is 8.10. The molecule has 4 N–H and O–H groups in total. The summed E-state index contributed by atoms with van der Waals surface area (Å²) in [5.41, 5.74) is 10.3. The van der Waals surface area contributed by atoms with E-state index >= 15 is 0 Å². The van der Waals surface area contributed by atoms with Gasteiger partial charge in [-0.05, 0) is 12.1 Å². The highest BCUT2D eigenvalue weighted by molar-refractivity contribution is 7.98. The molecule has 0 amide bonds. The molecule has 0 saturated heterocycles. The molecule has 0 aliphatic rings. The van der Waals surface area contributed by atoms with Crippen LogP contribution in [0.25, 0.3) is 0 Å². The van der Waals surface area contributed by atoms with E-state index in [4.69, 9.17) is 11.5 Å². The summed E-state index contributed by atoms with van der Waals surface area (Å²) >= 11 is 1.27. The Morgan fingerprint density at radius 1 is 1.18 bits per heavy atom. The molecule has 0 radical (unpaired) electrons. The van der Waals surface area contributed by atoms with Gasteiger partial charge in [-0.3, -0.25) is 0 Å². The van der Waals surface area contributed by atoms with Crippen molar-refractivity contribution in [3.8, 4) is 0 Å². The first-order chi connectivity index (χ1) is 5.29. The Labute approximate surface area is 69.6 Å². The van der Waals surface area contributed by atoms with E-state index < -0.39 is 0 Å². The number of nitrogens with zero attached hydrogens (tertiary/aromatic N) is 1. The van der Waals surface area contributed by atoms with Crippen molar-refractivity contribution >= 4 is 17.9 Å². The molecule has 0 saturated carbocycles. The Morgan fingerprint density at radius 3 is 2.36 bits per heavy atom. The molecule has 0 spiro atoms. The molecule has 4 heteroatoms. The Balaban J connectivity index is 2.59. The fraction of sp³-hybridized carbons (Fsp3) is 0. The Hall–Kier alpha value is -1.16. The van der Waals surface area contributed by atoms with E-state index in [0.29, 0.717) is 0 Å². The highest BCUT2D eigenvalue weighted by Gasteiger charge is 1.88. The standard InChI is InChI=1S/C7H9N3S/c8-7(9)10-11-6-4-2-1-3-5-6/h1-5H,(H4,8,9,10). The van der Waals surface area contributed by atoms with Gasteiger partial charge in [0.15, 0.2) is 5.96 Å². The van der Waals surface area contributed by atoms with Gasteiger partial charge in [0.05, 0.1) is 0 Å². The highest BCUT2D eigenvalue weighted by Crippen LogP contribution is 2.16. The van der Waals surface area contributed by atoms with Gasteiger partial charge in [0, 0.05) is 16.8 Å². The number of hydrogen-bond donors (Lipinski definition) is 2. The first-order valence-corrected chi connectivity index (χ1v) is 3.87. The SMILES string of the molecule is NC(N)=NSc1ccccc1. The lowest BCUT2D eigenvalue weighted by Gasteiger charge is -1.93. The van der Waals surface area contributed by atoms with Gasteiger partial charge in [0.2, 0.25) is 0 Å². The van der Waals surface area contributed by atoms with Crippen LogP contribution in [0.15, 0.2) is 39.6 Å². The van der Waals surface area contributed by atoms with Crippen LogP contribution in [0.3, 0.4) is 0 Å². The van der Waals surface area contributed by atoms with Crippen molar-refractivity contribution in [1.29, 1.82) is 0 Å². The lowest BCUT2D eigenvalue weighted by atomic mass is 10.4. The van der Waals surface area contributed by atoms with Crippen LogP contribution in [0, 0.1) is 0 Å². The molecule has 0 aliphatic carbocycles. The van der Waals surface area contributed by atoms with Crippen LogP contribution in [0.2, 0.25) is 0 Å². The summed E-state index contributed by atoms with van der Waals surface area (Å²) in [5, 5.41) is 0. The molecule has 0 atom stereocenters. The molecule has 0 fully saturated rings. The molecule has 0 aliphatic heterocycles. The van der Waals surface area contributed by atoms with Crippen molar-refractivity contribution < 1.29 is 0 Å². The van der Waals surface area contributed by atoms with E-state index in [9.17, 15) is 0 Å². The van der Waals surface area contributed by atoms with Crippen molar-refractivity contribution in [2.45, 2.75) is 4.90 Å². The van der Waals surface area contributed by atoms with E-state index in [1.165, 1.54) is 11.9 Å². The van der Waals surface area contributed by atoms with E-state index in [2.05, 4.69) is 4.40 Å². The number of guanidine groups is 1. The first-order valence-electron chi connectivity index (χ1n) is 3.10. The Morgan fingerprint density at radius 2 is 1.82 bits per heavy atom. The van der Waals surface area contributed by atoms with Crippen LogP contribution < -0.4 is 11.5 Å². The van der Waals surface area contributed by atoms with Crippen molar-refractivity contribution in [1.82, 2.24) is 0 Å². The predicted molar refractivity (Wildman–Crippen MR) is 48.1 cm³/mol. The zero-order valence-corrected chi connectivity index (χ0v) is 6.71. The smallest absolute Gasteiger partial charge is 0.198 e. The maximum Gasteiger partial charge on any atom is 0.198 e. The van der Waals surface area contributed by atoms with Crippen molar-refractivity contribution in [2.24, 2.45) is 15.9 Å². The molecule has 0 bridgehead atoms. The molecule has 0 aromatic heterocycles. The summed E-state index contributed by atoms with van der Waals surface area (Å²) in [7, 11) is 0. The van der Waals surface area contributed by atoms with Crippen molar-refractivity contribution in [3.05, 3.63) is 30.3 Å². The molecule has 3 nitrogen and oxygen atoms in total. The van der Waals surface area contributed by atoms with Gasteiger partial charge >= 0.3 is 0 Å². The summed E-state index contributed by atoms with van der Waals surface area (Å²) < 4.78 is 3.78. The normalized spacial score (nSPS) is 9.09. The second kappa shape index (κ2) is 3.88. The highest BCUT2D eigenvalue weighted by atomic mass is 32.2. The minimum absolute atomic E-state index is 0.0962. The van der Waals surface area contributed by atoms with Gasteiger partial charge in [-0.2, -0.15) is 4.40 Å². The van der Waals surface area contributed by atoms with Crippen molar-refractivity contribution in [3.63, 3.8) is 0 Å². The maximum atomic E-state index is 5.15. The number of benzene rings is 1. The summed E-state index contributed by atoms with van der Waals surface area (Å²) in [6.45, 7) is 0. The maximum absolute atomic E-state index is 5.15. The predicted octanol–water partition coefficient (Wildman–Crippen LogP) is 0.967. The van der Waals surface area contributed by atoms with Crippen LogP contribution in [0.1, 0.15) is 0 Å². The molecule has 0 unspecified atom stereocenters. The number of rotatable bonds is 2. The minimum Gasteiger partial charge on any atom is -0.369 e. The summed E-state index contributed by atoms with van der Waals surface area (Å²) in [6.07, 6.45) is 0.